The van der Waals surface area contributed by atoms with Gasteiger partial charge >= 0.3 is 0 Å². The van der Waals surface area contributed by atoms with E-state index in [-0.39, 0.29) is 0 Å². The largest absolute Gasteiger partial charge is 0.456 e. The lowest BCUT2D eigenvalue weighted by molar-refractivity contribution is 0.669. The lowest BCUT2D eigenvalue weighted by Crippen LogP contribution is -2.01. The molecule has 0 amide bonds. The summed E-state index contributed by atoms with van der Waals surface area (Å²) < 4.78 is 6.26. The van der Waals surface area contributed by atoms with Crippen LogP contribution in [0.15, 0.2) is 168 Å². The molecular weight excluding hydrogens is 599 g/mol. The van der Waals surface area contributed by atoms with Crippen LogP contribution in [-0.2, 0) is 0 Å². The zero-order chi connectivity index (χ0) is 32.3. The Balaban J connectivity index is 1.23. The van der Waals surface area contributed by atoms with Crippen LogP contribution in [0, 0.1) is 0 Å². The number of hydrogen-bond donors (Lipinski definition) is 0. The van der Waals surface area contributed by atoms with Gasteiger partial charge in [0.25, 0.3) is 0 Å². The van der Waals surface area contributed by atoms with E-state index in [1.54, 1.807) is 0 Å². The molecule has 0 saturated heterocycles. The van der Waals surface area contributed by atoms with E-state index in [1.165, 1.54) is 26.9 Å². The Hall–Kier alpha value is -6.65. The average Bonchev–Trinajstić information content (AvgIpc) is 3.56. The van der Waals surface area contributed by atoms with Gasteiger partial charge in [-0.15, -0.1) is 0 Å². The molecule has 0 fully saturated rings. The molecule has 0 spiro atoms. The van der Waals surface area contributed by atoms with Gasteiger partial charge in [-0.25, -0.2) is 15.0 Å². The molecule has 0 saturated carbocycles. The second-order valence-corrected chi connectivity index (χ2v) is 12.4. The minimum atomic E-state index is 0.602. The van der Waals surface area contributed by atoms with E-state index < -0.39 is 0 Å². The highest BCUT2D eigenvalue weighted by Crippen LogP contribution is 2.39. The van der Waals surface area contributed by atoms with Crippen molar-refractivity contribution in [3.8, 4) is 45.3 Å². The molecule has 2 heterocycles. The van der Waals surface area contributed by atoms with Crippen LogP contribution in [0.1, 0.15) is 0 Å². The first-order valence-electron chi connectivity index (χ1n) is 16.4. The molecule has 49 heavy (non-hydrogen) atoms. The van der Waals surface area contributed by atoms with Crippen LogP contribution in [-0.4, -0.2) is 15.0 Å². The number of benzene rings is 8. The minimum Gasteiger partial charge on any atom is -0.456 e. The lowest BCUT2D eigenvalue weighted by Gasteiger charge is -2.13. The highest BCUT2D eigenvalue weighted by molar-refractivity contribution is 6.20. The van der Waals surface area contributed by atoms with Crippen molar-refractivity contribution in [3.05, 3.63) is 164 Å². The van der Waals surface area contributed by atoms with Crippen molar-refractivity contribution in [1.29, 1.82) is 0 Å². The van der Waals surface area contributed by atoms with Crippen molar-refractivity contribution in [2.75, 3.05) is 0 Å². The molecule has 0 N–H and O–H groups in total. The monoisotopic (exact) mass is 625 g/mol. The van der Waals surface area contributed by atoms with E-state index in [9.17, 15) is 0 Å². The second-order valence-electron chi connectivity index (χ2n) is 12.4. The van der Waals surface area contributed by atoms with E-state index in [4.69, 9.17) is 19.4 Å². The zero-order valence-corrected chi connectivity index (χ0v) is 26.3. The van der Waals surface area contributed by atoms with E-state index in [1.807, 2.05) is 42.5 Å². The summed E-state index contributed by atoms with van der Waals surface area (Å²) in [6, 6.07) is 56.9. The molecule has 0 radical (unpaired) electrons. The fraction of sp³-hybridized carbons (Fsp3) is 0. The van der Waals surface area contributed by atoms with Crippen LogP contribution in [0.4, 0.5) is 0 Å². The molecule has 8 aromatic carbocycles. The SMILES string of the molecule is c1ccc(-c2ccccc2-c2nc(-c3ccc4c(ccc5ccc6ccccc6c54)c3)nc(-c3cccc4oc5ccccc5c34)n2)cc1. The molecule has 0 aliphatic carbocycles. The van der Waals surface area contributed by atoms with Gasteiger partial charge in [0, 0.05) is 27.5 Å². The Morgan fingerprint density at radius 2 is 0.939 bits per heavy atom. The molecule has 10 rings (SSSR count). The van der Waals surface area contributed by atoms with Crippen molar-refractivity contribution >= 4 is 54.3 Å². The Labute approximate surface area is 282 Å². The molecule has 0 bridgehead atoms. The van der Waals surface area contributed by atoms with Crippen LogP contribution in [0.5, 0.6) is 0 Å². The van der Waals surface area contributed by atoms with Gasteiger partial charge in [-0.1, -0.05) is 146 Å². The summed E-state index contributed by atoms with van der Waals surface area (Å²) >= 11 is 0. The maximum absolute atomic E-state index is 6.26. The van der Waals surface area contributed by atoms with E-state index >= 15 is 0 Å². The third-order valence-electron chi connectivity index (χ3n) is 9.51. The summed E-state index contributed by atoms with van der Waals surface area (Å²) in [5, 5.41) is 9.34. The fourth-order valence-electron chi connectivity index (χ4n) is 7.23. The minimum absolute atomic E-state index is 0.602. The molecule has 228 valence electrons. The van der Waals surface area contributed by atoms with Crippen molar-refractivity contribution in [1.82, 2.24) is 15.0 Å². The predicted octanol–water partition coefficient (Wildman–Crippen LogP) is 11.9. The Morgan fingerprint density at radius 3 is 1.82 bits per heavy atom. The first kappa shape index (κ1) is 27.5. The van der Waals surface area contributed by atoms with Crippen LogP contribution in [0.25, 0.3) is 99.5 Å². The number of aromatic nitrogens is 3. The standard InChI is InChI=1S/C45H27N3O/c1-2-11-28(12-3-1)33-14-6-7-16-36(33)44-46-43(47-45(48-44)38-18-10-20-40-42(38)37-17-8-9-19-39(37)49-40)32-25-26-35-31(27-32)24-23-30-22-21-29-13-4-5-15-34(29)41(30)35/h1-27H. The van der Waals surface area contributed by atoms with Gasteiger partial charge in [0.05, 0.1) is 0 Å². The van der Waals surface area contributed by atoms with E-state index in [2.05, 4.69) is 121 Å². The average molecular weight is 626 g/mol. The number of rotatable bonds is 4. The number of fused-ring (bicyclic) bond motifs is 8. The van der Waals surface area contributed by atoms with Gasteiger partial charge in [0.2, 0.25) is 0 Å². The van der Waals surface area contributed by atoms with Crippen molar-refractivity contribution < 1.29 is 4.42 Å². The molecule has 0 unspecified atom stereocenters. The van der Waals surface area contributed by atoms with E-state index in [0.717, 1.165) is 55.1 Å². The Morgan fingerprint density at radius 1 is 0.327 bits per heavy atom. The van der Waals surface area contributed by atoms with Gasteiger partial charge in [-0.2, -0.15) is 0 Å². The van der Waals surface area contributed by atoms with Crippen molar-refractivity contribution in [2.24, 2.45) is 0 Å². The molecular formula is C45H27N3O. The topological polar surface area (TPSA) is 51.8 Å². The molecule has 4 nitrogen and oxygen atoms in total. The second kappa shape index (κ2) is 11.0. The first-order valence-corrected chi connectivity index (χ1v) is 16.4. The quantitative estimate of drug-likeness (QED) is 0.183. The summed E-state index contributed by atoms with van der Waals surface area (Å²) in [5.74, 6) is 1.84. The van der Waals surface area contributed by atoms with Gasteiger partial charge in [0.15, 0.2) is 17.5 Å². The maximum Gasteiger partial charge on any atom is 0.164 e. The van der Waals surface area contributed by atoms with E-state index in [0.29, 0.717) is 17.5 Å². The lowest BCUT2D eigenvalue weighted by atomic mass is 9.95. The molecule has 2 aromatic heterocycles. The predicted molar refractivity (Wildman–Crippen MR) is 201 cm³/mol. The van der Waals surface area contributed by atoms with Crippen LogP contribution < -0.4 is 0 Å². The van der Waals surface area contributed by atoms with Crippen molar-refractivity contribution in [2.45, 2.75) is 0 Å². The van der Waals surface area contributed by atoms with Crippen LogP contribution in [0.3, 0.4) is 0 Å². The van der Waals surface area contributed by atoms with Gasteiger partial charge in [-0.3, -0.25) is 0 Å². The van der Waals surface area contributed by atoms with Gasteiger partial charge in [0.1, 0.15) is 11.2 Å². The normalized spacial score (nSPS) is 11.7. The molecule has 0 aliphatic heterocycles. The fourth-order valence-corrected chi connectivity index (χ4v) is 7.23. The van der Waals surface area contributed by atoms with Gasteiger partial charge in [-0.05, 0) is 61.6 Å². The zero-order valence-electron chi connectivity index (χ0n) is 26.3. The third-order valence-corrected chi connectivity index (χ3v) is 9.51. The highest BCUT2D eigenvalue weighted by atomic mass is 16.3. The van der Waals surface area contributed by atoms with Crippen LogP contribution in [0.2, 0.25) is 0 Å². The molecule has 0 atom stereocenters. The Bertz CT molecular complexity index is 2890. The first-order chi connectivity index (χ1) is 24.3. The highest BCUT2D eigenvalue weighted by Gasteiger charge is 2.19. The summed E-state index contributed by atoms with van der Waals surface area (Å²) in [5.41, 5.74) is 6.59. The van der Waals surface area contributed by atoms with Crippen LogP contribution >= 0.6 is 0 Å². The maximum atomic E-state index is 6.26. The van der Waals surface area contributed by atoms with Crippen molar-refractivity contribution in [3.63, 3.8) is 0 Å². The van der Waals surface area contributed by atoms with Gasteiger partial charge < -0.3 is 4.42 Å². The molecule has 0 aliphatic rings. The number of furan rings is 1. The number of para-hydroxylation sites is 1. The molecule has 4 heteroatoms. The summed E-state index contributed by atoms with van der Waals surface area (Å²) in [6.45, 7) is 0. The summed E-state index contributed by atoms with van der Waals surface area (Å²) in [7, 11) is 0. The molecule has 10 aromatic rings. The summed E-state index contributed by atoms with van der Waals surface area (Å²) in [6.07, 6.45) is 0. The number of nitrogens with zero attached hydrogens (tertiary/aromatic N) is 3. The summed E-state index contributed by atoms with van der Waals surface area (Å²) in [4.78, 5) is 15.6. The third kappa shape index (κ3) is 4.49. The number of hydrogen-bond acceptors (Lipinski definition) is 4. The smallest absolute Gasteiger partial charge is 0.164 e. The Kier molecular flexibility index (Phi) is 6.15.